The van der Waals surface area contributed by atoms with E-state index < -0.39 is 10.0 Å². The minimum Gasteiger partial charge on any atom is -0.492 e. The van der Waals surface area contributed by atoms with Crippen LogP contribution in [0.3, 0.4) is 0 Å². The smallest absolute Gasteiger partial charge is 0.251 e. The normalized spacial score (nSPS) is 11.2. The van der Waals surface area contributed by atoms with E-state index in [1.165, 1.54) is 10.6 Å². The summed E-state index contributed by atoms with van der Waals surface area (Å²) in [7, 11) is -3.49. The summed E-state index contributed by atoms with van der Waals surface area (Å²) in [5.41, 5.74) is 4.84. The van der Waals surface area contributed by atoms with Gasteiger partial charge in [-0.1, -0.05) is 35.9 Å². The molecule has 8 heteroatoms. The first-order valence-corrected chi connectivity index (χ1v) is 13.1. The molecule has 0 bridgehead atoms. The lowest BCUT2D eigenvalue weighted by atomic mass is 10.1. The van der Waals surface area contributed by atoms with E-state index in [2.05, 4.69) is 5.32 Å². The molecule has 0 heterocycles. The largest absolute Gasteiger partial charge is 0.492 e. The molecule has 0 fully saturated rings. The number of benzene rings is 3. The number of hydrogen-bond acceptors (Lipinski definition) is 4. The molecule has 0 aliphatic heterocycles. The zero-order valence-electron chi connectivity index (χ0n) is 19.8. The van der Waals surface area contributed by atoms with Crippen LogP contribution in [0.4, 0.5) is 5.69 Å². The quantitative estimate of drug-likeness (QED) is 0.417. The average Bonchev–Trinajstić information content (AvgIpc) is 2.76. The lowest BCUT2D eigenvalue weighted by molar-refractivity contribution is 0.0947. The average molecular weight is 501 g/mol. The lowest BCUT2D eigenvalue weighted by Gasteiger charge is -2.23. The second-order valence-corrected chi connectivity index (χ2v) is 10.6. The maximum atomic E-state index is 12.5. The third-order valence-electron chi connectivity index (χ3n) is 5.24. The first-order valence-electron chi connectivity index (χ1n) is 10.8. The van der Waals surface area contributed by atoms with Crippen LogP contribution in [0, 0.1) is 20.8 Å². The molecule has 0 aliphatic carbocycles. The van der Waals surface area contributed by atoms with Crippen LogP contribution in [-0.4, -0.2) is 33.7 Å². The lowest BCUT2D eigenvalue weighted by Crippen LogP contribution is -2.30. The molecule has 180 valence electrons. The molecule has 1 amide bonds. The van der Waals surface area contributed by atoms with Crippen molar-refractivity contribution in [3.63, 3.8) is 0 Å². The van der Waals surface area contributed by atoms with Crippen LogP contribution >= 0.6 is 11.6 Å². The van der Waals surface area contributed by atoms with Gasteiger partial charge in [0.25, 0.3) is 5.91 Å². The van der Waals surface area contributed by atoms with Gasteiger partial charge < -0.3 is 10.1 Å². The molecular weight excluding hydrogens is 472 g/mol. The minimum absolute atomic E-state index is 0.177. The van der Waals surface area contributed by atoms with Crippen LogP contribution in [0.25, 0.3) is 0 Å². The summed E-state index contributed by atoms with van der Waals surface area (Å²) >= 11 is 6.09. The van der Waals surface area contributed by atoms with Crippen molar-refractivity contribution in [1.29, 1.82) is 0 Å². The molecule has 3 aromatic rings. The van der Waals surface area contributed by atoms with Gasteiger partial charge >= 0.3 is 0 Å². The highest BCUT2D eigenvalue weighted by Crippen LogP contribution is 2.24. The van der Waals surface area contributed by atoms with Gasteiger partial charge in [-0.05, 0) is 79.4 Å². The molecule has 0 saturated heterocycles. The number of amides is 1. The van der Waals surface area contributed by atoms with E-state index in [0.29, 0.717) is 35.2 Å². The highest BCUT2D eigenvalue weighted by molar-refractivity contribution is 7.92. The Kier molecular flexibility index (Phi) is 8.23. The predicted octanol–water partition coefficient (Wildman–Crippen LogP) is 5.04. The first-order chi connectivity index (χ1) is 16.0. The summed E-state index contributed by atoms with van der Waals surface area (Å²) in [5, 5.41) is 3.45. The molecule has 3 rings (SSSR count). The minimum atomic E-state index is -3.49. The van der Waals surface area contributed by atoms with Crippen LogP contribution in [0.5, 0.6) is 5.75 Å². The Hall–Kier alpha value is -3.03. The van der Waals surface area contributed by atoms with Crippen molar-refractivity contribution in [1.82, 2.24) is 5.32 Å². The summed E-state index contributed by atoms with van der Waals surface area (Å²) in [6.45, 7) is 6.61. The van der Waals surface area contributed by atoms with Crippen molar-refractivity contribution in [2.24, 2.45) is 0 Å². The Bertz CT molecular complexity index is 1250. The van der Waals surface area contributed by atoms with Crippen LogP contribution in [-0.2, 0) is 16.6 Å². The van der Waals surface area contributed by atoms with Crippen molar-refractivity contribution in [2.75, 3.05) is 23.7 Å². The maximum absolute atomic E-state index is 12.5. The molecule has 6 nitrogen and oxygen atoms in total. The third-order valence-corrected chi connectivity index (χ3v) is 6.78. The number of hydrogen-bond donors (Lipinski definition) is 1. The van der Waals surface area contributed by atoms with Gasteiger partial charge in [-0.15, -0.1) is 0 Å². The number of nitrogens with zero attached hydrogens (tertiary/aromatic N) is 1. The molecular formula is C26H29ClN2O4S. The highest BCUT2D eigenvalue weighted by Gasteiger charge is 2.19. The number of aryl methyl sites for hydroxylation is 3. The Morgan fingerprint density at radius 3 is 2.21 bits per heavy atom. The Morgan fingerprint density at radius 2 is 1.62 bits per heavy atom. The SMILES string of the molecule is Cc1cc(C)cc(N(Cc2ccc(C(=O)NCCOc3ccc(C)c(Cl)c3)cc2)S(C)(=O)=O)c1. The monoisotopic (exact) mass is 500 g/mol. The molecule has 0 aliphatic rings. The van der Waals surface area contributed by atoms with Gasteiger partial charge in [-0.25, -0.2) is 8.42 Å². The van der Waals surface area contributed by atoms with Crippen LogP contribution in [0.1, 0.15) is 32.6 Å². The van der Waals surface area contributed by atoms with Crippen molar-refractivity contribution >= 4 is 33.2 Å². The zero-order valence-corrected chi connectivity index (χ0v) is 21.3. The summed E-state index contributed by atoms with van der Waals surface area (Å²) in [6, 6.07) is 18.1. The van der Waals surface area contributed by atoms with Crippen LogP contribution in [0.15, 0.2) is 60.7 Å². The Labute approximate surface area is 206 Å². The van der Waals surface area contributed by atoms with E-state index in [4.69, 9.17) is 16.3 Å². The predicted molar refractivity (Wildman–Crippen MR) is 137 cm³/mol. The van der Waals surface area contributed by atoms with Crippen molar-refractivity contribution in [2.45, 2.75) is 27.3 Å². The fourth-order valence-electron chi connectivity index (χ4n) is 3.52. The molecule has 0 spiro atoms. The van der Waals surface area contributed by atoms with Gasteiger partial charge in [0.2, 0.25) is 10.0 Å². The third kappa shape index (κ3) is 6.98. The number of carbonyl (C=O) groups is 1. The number of rotatable bonds is 9. The van der Waals surface area contributed by atoms with Crippen LogP contribution in [0.2, 0.25) is 5.02 Å². The number of halogens is 1. The molecule has 3 aromatic carbocycles. The molecule has 0 aromatic heterocycles. The van der Waals surface area contributed by atoms with Gasteiger partial charge in [0.1, 0.15) is 12.4 Å². The topological polar surface area (TPSA) is 75.7 Å². The van der Waals surface area contributed by atoms with Crippen LogP contribution < -0.4 is 14.4 Å². The van der Waals surface area contributed by atoms with Gasteiger partial charge in [-0.3, -0.25) is 9.10 Å². The summed E-state index contributed by atoms with van der Waals surface area (Å²) in [6.07, 6.45) is 1.19. The number of anilines is 1. The second-order valence-electron chi connectivity index (χ2n) is 8.33. The summed E-state index contributed by atoms with van der Waals surface area (Å²) in [5.74, 6) is 0.416. The molecule has 34 heavy (non-hydrogen) atoms. The van der Waals surface area contributed by atoms with Gasteiger partial charge in [0.05, 0.1) is 25.0 Å². The van der Waals surface area contributed by atoms with Gasteiger partial charge in [-0.2, -0.15) is 0 Å². The van der Waals surface area contributed by atoms with Gasteiger partial charge in [0, 0.05) is 10.6 Å². The van der Waals surface area contributed by atoms with E-state index in [0.717, 1.165) is 22.3 Å². The van der Waals surface area contributed by atoms with Crippen molar-refractivity contribution < 1.29 is 17.9 Å². The standard InChI is InChI=1S/C26H29ClN2O4S/c1-18-13-19(2)15-23(14-18)29(34(4,31)32)17-21-6-8-22(9-7-21)26(30)28-11-12-33-24-10-5-20(3)25(27)16-24/h5-10,13-16H,11-12,17H2,1-4H3,(H,28,30). The summed E-state index contributed by atoms with van der Waals surface area (Å²) in [4.78, 5) is 12.4. The van der Waals surface area contributed by atoms with E-state index in [9.17, 15) is 13.2 Å². The first kappa shape index (κ1) is 25.6. The molecule has 0 radical (unpaired) electrons. The van der Waals surface area contributed by atoms with Crippen molar-refractivity contribution in [3.8, 4) is 5.75 Å². The van der Waals surface area contributed by atoms with E-state index in [1.807, 2.05) is 51.1 Å². The fraction of sp³-hybridized carbons (Fsp3) is 0.269. The van der Waals surface area contributed by atoms with E-state index >= 15 is 0 Å². The number of carbonyl (C=O) groups excluding carboxylic acids is 1. The number of sulfonamides is 1. The molecule has 1 N–H and O–H groups in total. The second kappa shape index (κ2) is 10.9. The maximum Gasteiger partial charge on any atom is 0.251 e. The van der Waals surface area contributed by atoms with E-state index in [-0.39, 0.29) is 12.5 Å². The number of nitrogens with one attached hydrogen (secondary N) is 1. The molecule has 0 unspecified atom stereocenters. The van der Waals surface area contributed by atoms with Crippen molar-refractivity contribution in [3.05, 3.63) is 93.5 Å². The molecule has 0 atom stereocenters. The molecule has 0 saturated carbocycles. The summed E-state index contributed by atoms with van der Waals surface area (Å²) < 4.78 is 31.9. The van der Waals surface area contributed by atoms with E-state index in [1.54, 1.807) is 30.3 Å². The highest BCUT2D eigenvalue weighted by atomic mass is 35.5. The fourth-order valence-corrected chi connectivity index (χ4v) is 4.56. The van der Waals surface area contributed by atoms with Gasteiger partial charge in [0.15, 0.2) is 0 Å². The zero-order chi connectivity index (χ0) is 24.9. The number of ether oxygens (including phenoxy) is 1. The Morgan fingerprint density at radius 1 is 0.971 bits per heavy atom. The Balaban J connectivity index is 1.59.